The Morgan fingerprint density at radius 2 is 1.89 bits per heavy atom. The van der Waals surface area contributed by atoms with Crippen molar-refractivity contribution < 1.29 is 0 Å². The molecule has 8 heteroatoms. The maximum Gasteiger partial charge on any atom is 0.193 e. The van der Waals surface area contributed by atoms with Gasteiger partial charge in [-0.05, 0) is 62.6 Å². The molecule has 1 saturated carbocycles. The zero-order chi connectivity index (χ0) is 19.2. The fraction of sp³-hybridized carbons (Fsp3) is 0.550. The van der Waals surface area contributed by atoms with Crippen LogP contribution in [0.4, 0.5) is 5.69 Å². The van der Waals surface area contributed by atoms with Gasteiger partial charge in [-0.1, -0.05) is 30.7 Å². The summed E-state index contributed by atoms with van der Waals surface area (Å²) in [7, 11) is 0. The van der Waals surface area contributed by atoms with Crippen LogP contribution in [0.15, 0.2) is 28.3 Å². The zero-order valence-electron chi connectivity index (χ0n) is 16.9. The van der Waals surface area contributed by atoms with E-state index >= 15 is 0 Å². The number of anilines is 1. The monoisotopic (exact) mass is 514 g/mol. The molecule has 3 N–H and O–H groups in total. The Morgan fingerprint density at radius 3 is 2.54 bits per heavy atom. The van der Waals surface area contributed by atoms with Crippen molar-refractivity contribution >= 4 is 47.4 Å². The number of nitrogens with zero attached hydrogens (tertiary/aromatic N) is 4. The third-order valence-electron chi connectivity index (χ3n) is 4.94. The van der Waals surface area contributed by atoms with Gasteiger partial charge in [0.05, 0.1) is 0 Å². The normalized spacial score (nSPS) is 14.9. The summed E-state index contributed by atoms with van der Waals surface area (Å²) >= 11 is 1.68. The van der Waals surface area contributed by atoms with Crippen molar-refractivity contribution in [2.45, 2.75) is 63.6 Å². The van der Waals surface area contributed by atoms with E-state index in [2.05, 4.69) is 63.4 Å². The first-order chi connectivity index (χ1) is 13.1. The van der Waals surface area contributed by atoms with E-state index in [1.165, 1.54) is 36.8 Å². The lowest BCUT2D eigenvalue weighted by Crippen LogP contribution is -2.23. The number of thioether (sulfide) groups is 1. The Balaban J connectivity index is 0.00000280. The number of aromatic nitrogens is 3. The summed E-state index contributed by atoms with van der Waals surface area (Å²) in [5, 5.41) is 13.0. The molecule has 0 bridgehead atoms. The maximum atomic E-state index is 6.04. The van der Waals surface area contributed by atoms with Crippen LogP contribution < -0.4 is 11.1 Å². The fourth-order valence-corrected chi connectivity index (χ4v) is 4.39. The van der Waals surface area contributed by atoms with Crippen LogP contribution in [-0.4, -0.2) is 33.5 Å². The van der Waals surface area contributed by atoms with Crippen LogP contribution in [0, 0.1) is 13.8 Å². The molecule has 1 aromatic heterocycles. The highest BCUT2D eigenvalue weighted by atomic mass is 127. The predicted octanol–water partition coefficient (Wildman–Crippen LogP) is 4.71. The number of aliphatic imine (C=N–C) groups is 1. The van der Waals surface area contributed by atoms with Gasteiger partial charge in [0.2, 0.25) is 0 Å². The molecule has 1 aliphatic carbocycles. The number of nitrogens with two attached hydrogens (primary N) is 1. The molecule has 0 atom stereocenters. The van der Waals surface area contributed by atoms with E-state index in [1.54, 1.807) is 11.8 Å². The van der Waals surface area contributed by atoms with Crippen LogP contribution in [0.3, 0.4) is 0 Å². The van der Waals surface area contributed by atoms with Gasteiger partial charge in [-0.2, -0.15) is 0 Å². The molecule has 0 unspecified atom stereocenters. The minimum Gasteiger partial charge on any atom is -0.370 e. The molecule has 3 rings (SSSR count). The van der Waals surface area contributed by atoms with Crippen LogP contribution in [0.2, 0.25) is 0 Å². The summed E-state index contributed by atoms with van der Waals surface area (Å²) in [6.45, 7) is 4.83. The smallest absolute Gasteiger partial charge is 0.193 e. The van der Waals surface area contributed by atoms with E-state index in [0.717, 1.165) is 29.5 Å². The highest BCUT2D eigenvalue weighted by Gasteiger charge is 2.23. The molecule has 2 aromatic rings. The maximum absolute atomic E-state index is 6.04. The van der Waals surface area contributed by atoms with Gasteiger partial charge in [-0.25, -0.2) is 0 Å². The van der Waals surface area contributed by atoms with Crippen LogP contribution in [0.1, 0.15) is 55.1 Å². The van der Waals surface area contributed by atoms with E-state index in [-0.39, 0.29) is 24.0 Å². The minimum absolute atomic E-state index is 0. The Bertz CT molecular complexity index is 778. The molecule has 0 spiro atoms. The van der Waals surface area contributed by atoms with E-state index in [0.29, 0.717) is 18.5 Å². The zero-order valence-corrected chi connectivity index (χ0v) is 20.1. The molecular weight excluding hydrogens is 483 g/mol. The summed E-state index contributed by atoms with van der Waals surface area (Å²) in [4.78, 5) is 4.47. The lowest BCUT2D eigenvalue weighted by molar-refractivity contribution is 0.461. The summed E-state index contributed by atoms with van der Waals surface area (Å²) in [5.74, 6) is 1.55. The minimum atomic E-state index is 0. The first kappa shape index (κ1) is 23.0. The van der Waals surface area contributed by atoms with Gasteiger partial charge in [0.1, 0.15) is 5.82 Å². The molecule has 154 valence electrons. The van der Waals surface area contributed by atoms with Gasteiger partial charge in [-0.15, -0.1) is 34.2 Å². The second-order valence-corrected chi connectivity index (χ2v) is 8.06. The van der Waals surface area contributed by atoms with Crippen molar-refractivity contribution in [3.63, 3.8) is 0 Å². The predicted molar refractivity (Wildman–Crippen MR) is 129 cm³/mol. The lowest BCUT2D eigenvalue weighted by atomic mass is 10.1. The fourth-order valence-electron chi connectivity index (χ4n) is 3.82. The van der Waals surface area contributed by atoms with Crippen molar-refractivity contribution in [1.82, 2.24) is 14.8 Å². The number of guanidine groups is 1. The van der Waals surface area contributed by atoms with Crippen LogP contribution in [-0.2, 0) is 6.42 Å². The second kappa shape index (κ2) is 11.0. The Morgan fingerprint density at radius 1 is 1.21 bits per heavy atom. The average Bonchev–Trinajstić information content (AvgIpc) is 3.26. The van der Waals surface area contributed by atoms with E-state index < -0.39 is 0 Å². The summed E-state index contributed by atoms with van der Waals surface area (Å²) in [5.41, 5.74) is 9.45. The third kappa shape index (κ3) is 6.10. The van der Waals surface area contributed by atoms with Crippen LogP contribution >= 0.6 is 35.7 Å². The SMILES string of the molecule is CSc1nnc(CCCN=C(N)Nc2cc(C)cc(C)c2)n1C1CCCC1.I. The first-order valence-electron chi connectivity index (χ1n) is 9.70. The van der Waals surface area contributed by atoms with Crippen molar-refractivity contribution in [3.8, 4) is 0 Å². The molecule has 1 heterocycles. The highest BCUT2D eigenvalue weighted by Crippen LogP contribution is 2.33. The number of hydrogen-bond acceptors (Lipinski definition) is 4. The molecule has 0 saturated heterocycles. The van der Waals surface area contributed by atoms with Crippen molar-refractivity contribution in [3.05, 3.63) is 35.2 Å². The molecule has 1 fully saturated rings. The number of hydrogen-bond donors (Lipinski definition) is 2. The van der Waals surface area contributed by atoms with E-state index in [1.807, 2.05) is 0 Å². The van der Waals surface area contributed by atoms with Crippen molar-refractivity contribution in [1.29, 1.82) is 0 Å². The number of nitrogens with one attached hydrogen (secondary N) is 1. The van der Waals surface area contributed by atoms with Gasteiger partial charge in [0.15, 0.2) is 11.1 Å². The summed E-state index contributed by atoms with van der Waals surface area (Å²) in [6.07, 6.45) is 8.96. The second-order valence-electron chi connectivity index (χ2n) is 7.28. The topological polar surface area (TPSA) is 81.1 Å². The summed E-state index contributed by atoms with van der Waals surface area (Å²) in [6, 6.07) is 6.85. The number of benzene rings is 1. The Hall–Kier alpha value is -1.29. The van der Waals surface area contributed by atoms with Gasteiger partial charge >= 0.3 is 0 Å². The molecule has 0 amide bonds. The lowest BCUT2D eigenvalue weighted by Gasteiger charge is -2.16. The van der Waals surface area contributed by atoms with Crippen molar-refractivity contribution in [2.75, 3.05) is 18.1 Å². The number of aryl methyl sites for hydroxylation is 3. The molecule has 0 radical (unpaired) electrons. The quantitative estimate of drug-likeness (QED) is 0.184. The molecule has 6 nitrogen and oxygen atoms in total. The van der Waals surface area contributed by atoms with Crippen LogP contribution in [0.25, 0.3) is 0 Å². The highest BCUT2D eigenvalue weighted by molar-refractivity contribution is 14.0. The van der Waals surface area contributed by atoms with E-state index in [4.69, 9.17) is 5.73 Å². The Kier molecular flexibility index (Phi) is 9.07. The van der Waals surface area contributed by atoms with E-state index in [9.17, 15) is 0 Å². The van der Waals surface area contributed by atoms with Gasteiger partial charge in [0, 0.05) is 24.7 Å². The number of rotatable bonds is 7. The van der Waals surface area contributed by atoms with Gasteiger partial charge in [-0.3, -0.25) is 4.99 Å². The van der Waals surface area contributed by atoms with Crippen molar-refractivity contribution in [2.24, 2.45) is 10.7 Å². The summed E-state index contributed by atoms with van der Waals surface area (Å²) < 4.78 is 2.36. The standard InChI is InChI=1S/C20H30N6S.HI/c1-14-11-15(2)13-16(12-14)23-19(21)22-10-6-9-18-24-25-20(27-3)26(18)17-7-4-5-8-17;/h11-13,17H,4-10H2,1-3H3,(H3,21,22,23);1H. The largest absolute Gasteiger partial charge is 0.370 e. The van der Waals surface area contributed by atoms with Gasteiger partial charge < -0.3 is 15.6 Å². The van der Waals surface area contributed by atoms with Crippen LogP contribution in [0.5, 0.6) is 0 Å². The number of halogens is 1. The molecule has 1 aliphatic rings. The molecule has 1 aromatic carbocycles. The van der Waals surface area contributed by atoms with Gasteiger partial charge in [0.25, 0.3) is 0 Å². The average molecular weight is 514 g/mol. The Labute approximate surface area is 189 Å². The molecule has 0 aliphatic heterocycles. The first-order valence-corrected chi connectivity index (χ1v) is 10.9. The third-order valence-corrected chi connectivity index (χ3v) is 5.59. The molecular formula is C20H31IN6S. The molecule has 28 heavy (non-hydrogen) atoms.